The summed E-state index contributed by atoms with van der Waals surface area (Å²) in [5.74, 6) is 1.07. The maximum Gasteiger partial charge on any atom is 0.155 e. The maximum atomic E-state index is 12.3. The first kappa shape index (κ1) is 15.0. The van der Waals surface area contributed by atoms with Gasteiger partial charge in [-0.3, -0.25) is 0 Å². The van der Waals surface area contributed by atoms with Gasteiger partial charge in [0.1, 0.15) is 0 Å². The second-order valence-electron chi connectivity index (χ2n) is 6.46. The largest absolute Gasteiger partial charge is 0.312 e. The second-order valence-corrected chi connectivity index (χ2v) is 8.80. The molecule has 3 rings (SSSR count). The van der Waals surface area contributed by atoms with Crippen molar-refractivity contribution < 1.29 is 8.42 Å². The Bertz CT molecular complexity index is 575. The minimum atomic E-state index is -2.97. The Morgan fingerprint density at radius 3 is 2.29 bits per heavy atom. The smallest absolute Gasteiger partial charge is 0.155 e. The summed E-state index contributed by atoms with van der Waals surface area (Å²) in [5.41, 5.74) is 2.52. The molecule has 2 unspecified atom stereocenters. The highest BCUT2D eigenvalue weighted by Crippen LogP contribution is 2.37. The van der Waals surface area contributed by atoms with Crippen molar-refractivity contribution in [3.05, 3.63) is 35.4 Å². The van der Waals surface area contributed by atoms with Crippen LogP contribution in [0.25, 0.3) is 0 Å². The zero-order valence-electron chi connectivity index (χ0n) is 12.7. The molecule has 1 aliphatic carbocycles. The van der Waals surface area contributed by atoms with Gasteiger partial charge in [0, 0.05) is 6.04 Å². The van der Waals surface area contributed by atoms with Crippen LogP contribution in [0.5, 0.6) is 0 Å². The van der Waals surface area contributed by atoms with E-state index in [-0.39, 0.29) is 11.3 Å². The molecule has 3 nitrogen and oxygen atoms in total. The molecule has 2 fully saturated rings. The fourth-order valence-electron chi connectivity index (χ4n) is 3.64. The Balaban J connectivity index is 1.82. The second kappa shape index (κ2) is 6.09. The number of hydrogen-bond acceptors (Lipinski definition) is 3. The lowest BCUT2D eigenvalue weighted by Crippen LogP contribution is -2.39. The van der Waals surface area contributed by atoms with Crippen molar-refractivity contribution in [2.75, 3.05) is 12.8 Å². The van der Waals surface area contributed by atoms with Gasteiger partial charge in [0.15, 0.2) is 9.84 Å². The van der Waals surface area contributed by atoms with Gasteiger partial charge in [0.2, 0.25) is 0 Å². The lowest BCUT2D eigenvalue weighted by molar-refractivity contribution is 0.419. The predicted molar refractivity (Wildman–Crippen MR) is 86.3 cm³/mol. The fourth-order valence-corrected chi connectivity index (χ4v) is 5.78. The van der Waals surface area contributed by atoms with Gasteiger partial charge >= 0.3 is 0 Å². The van der Waals surface area contributed by atoms with E-state index in [1.54, 1.807) is 0 Å². The van der Waals surface area contributed by atoms with Crippen LogP contribution in [-0.2, 0) is 9.84 Å². The van der Waals surface area contributed by atoms with Gasteiger partial charge in [0.25, 0.3) is 0 Å². The predicted octanol–water partition coefficient (Wildman–Crippen LogP) is 3.18. The number of nitrogens with one attached hydrogen (secondary N) is 1. The molecule has 1 saturated carbocycles. The highest BCUT2D eigenvalue weighted by molar-refractivity contribution is 7.92. The van der Waals surface area contributed by atoms with E-state index < -0.39 is 9.84 Å². The summed E-state index contributed by atoms with van der Waals surface area (Å²) in [6.45, 7) is 0. The molecule has 1 aromatic rings. The standard InChI is InChI=1S/C17H25NO2S/c1-18-17(16-7-2-3-12-21(16,19)20)15-10-8-14(9-11-15)13-5-4-6-13/h8-11,13,16-18H,2-7,12H2,1H3. The van der Waals surface area contributed by atoms with Gasteiger partial charge in [-0.2, -0.15) is 0 Å². The van der Waals surface area contributed by atoms with E-state index in [9.17, 15) is 8.42 Å². The Hall–Kier alpha value is -0.870. The molecule has 0 spiro atoms. The molecule has 1 aliphatic heterocycles. The van der Waals surface area contributed by atoms with Crippen LogP contribution in [0.15, 0.2) is 24.3 Å². The summed E-state index contributed by atoms with van der Waals surface area (Å²) < 4.78 is 24.7. The van der Waals surface area contributed by atoms with Gasteiger partial charge in [-0.05, 0) is 49.8 Å². The molecule has 1 aromatic carbocycles. The van der Waals surface area contributed by atoms with Crippen molar-refractivity contribution in [2.45, 2.75) is 55.7 Å². The van der Waals surface area contributed by atoms with Crippen molar-refractivity contribution in [1.29, 1.82) is 0 Å². The van der Waals surface area contributed by atoms with Gasteiger partial charge in [-0.1, -0.05) is 37.1 Å². The number of benzene rings is 1. The molecular weight excluding hydrogens is 282 g/mol. The van der Waals surface area contributed by atoms with Crippen LogP contribution in [-0.4, -0.2) is 26.5 Å². The average Bonchev–Trinajstić information content (AvgIpc) is 2.41. The molecule has 0 radical (unpaired) electrons. The zero-order chi connectivity index (χ0) is 14.9. The molecule has 1 N–H and O–H groups in total. The molecule has 2 aliphatic rings. The zero-order valence-corrected chi connectivity index (χ0v) is 13.5. The van der Waals surface area contributed by atoms with Crippen LogP contribution in [0, 0.1) is 0 Å². The van der Waals surface area contributed by atoms with Crippen LogP contribution >= 0.6 is 0 Å². The SMILES string of the molecule is CNC(c1ccc(C2CCC2)cc1)C1CCCCS1(=O)=O. The number of sulfone groups is 1. The topological polar surface area (TPSA) is 46.2 Å². The first-order valence-corrected chi connectivity index (χ1v) is 9.82. The molecule has 0 aromatic heterocycles. The minimum Gasteiger partial charge on any atom is -0.312 e. The Kier molecular flexibility index (Phi) is 4.36. The first-order chi connectivity index (χ1) is 10.1. The fraction of sp³-hybridized carbons (Fsp3) is 0.647. The van der Waals surface area contributed by atoms with Gasteiger partial charge in [-0.25, -0.2) is 8.42 Å². The quantitative estimate of drug-likeness (QED) is 0.929. The third-order valence-electron chi connectivity index (χ3n) is 5.18. The molecule has 0 amide bonds. The summed E-state index contributed by atoms with van der Waals surface area (Å²) >= 11 is 0. The van der Waals surface area contributed by atoms with Crippen LogP contribution in [0.4, 0.5) is 0 Å². The monoisotopic (exact) mass is 307 g/mol. The van der Waals surface area contributed by atoms with Crippen LogP contribution in [0.3, 0.4) is 0 Å². The van der Waals surface area contributed by atoms with Crippen molar-refractivity contribution in [3.8, 4) is 0 Å². The summed E-state index contributed by atoms with van der Waals surface area (Å²) in [5, 5.41) is 2.97. The van der Waals surface area contributed by atoms with Crippen LogP contribution in [0.1, 0.15) is 61.6 Å². The molecule has 0 bridgehead atoms. The summed E-state index contributed by atoms with van der Waals surface area (Å²) in [6, 6.07) is 8.56. The third kappa shape index (κ3) is 3.02. The molecule has 116 valence electrons. The summed E-state index contributed by atoms with van der Waals surface area (Å²) in [7, 11) is -1.10. The van der Waals surface area contributed by atoms with Gasteiger partial charge in [0.05, 0.1) is 11.0 Å². The van der Waals surface area contributed by atoms with Crippen molar-refractivity contribution >= 4 is 9.84 Å². The third-order valence-corrected chi connectivity index (χ3v) is 7.47. The molecule has 1 heterocycles. The van der Waals surface area contributed by atoms with Gasteiger partial charge < -0.3 is 5.32 Å². The minimum absolute atomic E-state index is 0.0780. The Morgan fingerprint density at radius 2 is 1.76 bits per heavy atom. The van der Waals surface area contributed by atoms with E-state index in [4.69, 9.17) is 0 Å². The molecule has 2 atom stereocenters. The van der Waals surface area contributed by atoms with E-state index >= 15 is 0 Å². The molecule has 1 saturated heterocycles. The number of hydrogen-bond donors (Lipinski definition) is 1. The van der Waals surface area contributed by atoms with E-state index in [1.807, 2.05) is 7.05 Å². The van der Waals surface area contributed by atoms with Crippen LogP contribution in [0.2, 0.25) is 0 Å². The molecule has 21 heavy (non-hydrogen) atoms. The summed E-state index contributed by atoms with van der Waals surface area (Å²) in [6.07, 6.45) is 6.54. The number of rotatable bonds is 4. The highest BCUT2D eigenvalue weighted by atomic mass is 32.2. The molecular formula is C17H25NO2S. The average molecular weight is 307 g/mol. The van der Waals surface area contributed by atoms with Crippen molar-refractivity contribution in [3.63, 3.8) is 0 Å². The van der Waals surface area contributed by atoms with Crippen molar-refractivity contribution in [1.82, 2.24) is 5.32 Å². The Labute approximate surface area is 128 Å². The van der Waals surface area contributed by atoms with E-state index in [1.165, 1.54) is 24.8 Å². The molecule has 4 heteroatoms. The normalized spacial score (nSPS) is 27.0. The summed E-state index contributed by atoms with van der Waals surface area (Å²) in [4.78, 5) is 0. The van der Waals surface area contributed by atoms with E-state index in [0.717, 1.165) is 30.7 Å². The van der Waals surface area contributed by atoms with E-state index in [2.05, 4.69) is 29.6 Å². The van der Waals surface area contributed by atoms with E-state index in [0.29, 0.717) is 5.75 Å². The van der Waals surface area contributed by atoms with Crippen LogP contribution < -0.4 is 5.32 Å². The Morgan fingerprint density at radius 1 is 1.05 bits per heavy atom. The lowest BCUT2D eigenvalue weighted by atomic mass is 9.79. The maximum absolute atomic E-state index is 12.3. The lowest BCUT2D eigenvalue weighted by Gasteiger charge is -2.31. The van der Waals surface area contributed by atoms with Crippen molar-refractivity contribution in [2.24, 2.45) is 0 Å². The first-order valence-electron chi connectivity index (χ1n) is 8.10. The van der Waals surface area contributed by atoms with Gasteiger partial charge in [-0.15, -0.1) is 0 Å². The highest BCUT2D eigenvalue weighted by Gasteiger charge is 2.35.